The summed E-state index contributed by atoms with van der Waals surface area (Å²) in [6.07, 6.45) is 3.83. The molecule has 7 nitrogen and oxygen atoms in total. The van der Waals surface area contributed by atoms with Gasteiger partial charge in [0.2, 0.25) is 0 Å². The average Bonchev–Trinajstić information content (AvgIpc) is 3.25. The Morgan fingerprint density at radius 3 is 2.77 bits per heavy atom. The van der Waals surface area contributed by atoms with E-state index in [1.165, 1.54) is 4.90 Å². The third-order valence-corrected chi connectivity index (χ3v) is 5.68. The normalized spacial score (nSPS) is 16.1. The van der Waals surface area contributed by atoms with Crippen LogP contribution in [0.2, 0.25) is 0 Å². The van der Waals surface area contributed by atoms with E-state index >= 15 is 0 Å². The van der Waals surface area contributed by atoms with Crippen LogP contribution < -0.4 is 10.2 Å². The molecule has 1 atom stereocenters. The second-order valence-electron chi connectivity index (χ2n) is 7.59. The Kier molecular flexibility index (Phi) is 4.71. The highest BCUT2D eigenvalue weighted by Crippen LogP contribution is 2.28. The fourth-order valence-corrected chi connectivity index (χ4v) is 4.03. The second-order valence-corrected chi connectivity index (χ2v) is 7.59. The number of hydrogen-bond acceptors (Lipinski definition) is 4. The van der Waals surface area contributed by atoms with Gasteiger partial charge in [-0.3, -0.25) is 19.5 Å². The van der Waals surface area contributed by atoms with Crippen LogP contribution >= 0.6 is 0 Å². The highest BCUT2D eigenvalue weighted by Gasteiger charge is 2.30. The molecule has 5 rings (SSSR count). The second kappa shape index (κ2) is 7.68. The zero-order chi connectivity index (χ0) is 21.4. The zero-order valence-corrected chi connectivity index (χ0v) is 17.0. The van der Waals surface area contributed by atoms with Crippen molar-refractivity contribution >= 4 is 28.4 Å². The molecule has 0 saturated carbocycles. The van der Waals surface area contributed by atoms with E-state index < -0.39 is 6.04 Å². The number of pyridine rings is 1. The van der Waals surface area contributed by atoms with E-state index in [0.29, 0.717) is 13.0 Å². The quantitative estimate of drug-likeness (QED) is 0.561. The fourth-order valence-electron chi connectivity index (χ4n) is 4.03. The van der Waals surface area contributed by atoms with E-state index in [1.54, 1.807) is 36.3 Å². The van der Waals surface area contributed by atoms with Crippen molar-refractivity contribution < 1.29 is 9.59 Å². The van der Waals surface area contributed by atoms with Crippen LogP contribution in [-0.4, -0.2) is 39.7 Å². The topological polar surface area (TPSA) is 80.1 Å². The molecule has 0 aliphatic carbocycles. The molecule has 2 aromatic heterocycles. The van der Waals surface area contributed by atoms with Crippen LogP contribution in [0.3, 0.4) is 0 Å². The molecular formula is C24H21N5O2. The van der Waals surface area contributed by atoms with Gasteiger partial charge in [0.1, 0.15) is 17.6 Å². The Balaban J connectivity index is 1.44. The third-order valence-electron chi connectivity index (χ3n) is 5.68. The monoisotopic (exact) mass is 411 g/mol. The number of carbonyl (C=O) groups is 2. The maximum Gasteiger partial charge on any atom is 0.270 e. The first kappa shape index (κ1) is 19.0. The van der Waals surface area contributed by atoms with Crippen molar-refractivity contribution in [3.63, 3.8) is 0 Å². The molecule has 7 heteroatoms. The van der Waals surface area contributed by atoms with Gasteiger partial charge in [-0.15, -0.1) is 0 Å². The summed E-state index contributed by atoms with van der Waals surface area (Å²) < 4.78 is 1.77. The molecule has 154 valence electrons. The minimum absolute atomic E-state index is 0.168. The Morgan fingerprint density at radius 1 is 1.10 bits per heavy atom. The number of benzene rings is 2. The summed E-state index contributed by atoms with van der Waals surface area (Å²) in [5.41, 5.74) is 2.39. The first-order valence-electron chi connectivity index (χ1n) is 10.2. The van der Waals surface area contributed by atoms with Crippen molar-refractivity contribution in [3.8, 4) is 11.1 Å². The molecule has 1 aliphatic heterocycles. The Bertz CT molecular complexity index is 1280. The summed E-state index contributed by atoms with van der Waals surface area (Å²) in [5, 5.41) is 9.01. The maximum absolute atomic E-state index is 13.0. The number of likely N-dealkylation sites (N-methyl/N-ethyl adjacent to an activating group) is 1. The van der Waals surface area contributed by atoms with E-state index in [-0.39, 0.29) is 17.5 Å². The number of aryl methyl sites for hydroxylation is 1. The number of aromatic nitrogens is 3. The first-order valence-corrected chi connectivity index (χ1v) is 10.2. The van der Waals surface area contributed by atoms with Gasteiger partial charge in [0.05, 0.1) is 6.20 Å². The molecule has 1 aliphatic rings. The minimum Gasteiger partial charge on any atom is -0.339 e. The maximum atomic E-state index is 13.0. The fraction of sp³-hybridized carbons (Fsp3) is 0.167. The van der Waals surface area contributed by atoms with Gasteiger partial charge in [0.15, 0.2) is 0 Å². The summed E-state index contributed by atoms with van der Waals surface area (Å²) in [6, 6.07) is 19.0. The number of carbonyl (C=O) groups excluding carboxylic acids is 2. The van der Waals surface area contributed by atoms with Gasteiger partial charge in [-0.05, 0) is 29.0 Å². The Hall–Kier alpha value is -4.00. The van der Waals surface area contributed by atoms with Crippen LogP contribution in [0.25, 0.3) is 21.9 Å². The number of hydrogen-bond donors (Lipinski definition) is 1. The summed E-state index contributed by atoms with van der Waals surface area (Å²) in [7, 11) is 1.70. The summed E-state index contributed by atoms with van der Waals surface area (Å²) in [5.74, 6) is 0.188. The zero-order valence-electron chi connectivity index (χ0n) is 17.0. The molecule has 0 saturated heterocycles. The van der Waals surface area contributed by atoms with Crippen LogP contribution in [0.15, 0.2) is 73.1 Å². The number of rotatable bonds is 3. The molecule has 3 heterocycles. The van der Waals surface area contributed by atoms with Gasteiger partial charge >= 0.3 is 0 Å². The molecule has 0 fully saturated rings. The largest absolute Gasteiger partial charge is 0.339 e. The molecule has 0 unspecified atom stereocenters. The van der Waals surface area contributed by atoms with Crippen molar-refractivity contribution in [2.45, 2.75) is 19.0 Å². The van der Waals surface area contributed by atoms with Gasteiger partial charge in [0, 0.05) is 31.2 Å². The summed E-state index contributed by atoms with van der Waals surface area (Å²) >= 11 is 0. The Labute approximate surface area is 179 Å². The van der Waals surface area contributed by atoms with E-state index in [4.69, 9.17) is 0 Å². The third kappa shape index (κ3) is 3.44. The SMILES string of the molecule is CN1C(=O)[C@@H](NC(=O)c2cc3c(-c4ccccc4)cccc3cn2)CCn2nccc21. The minimum atomic E-state index is -0.638. The van der Waals surface area contributed by atoms with Gasteiger partial charge in [-0.2, -0.15) is 5.10 Å². The predicted molar refractivity (Wildman–Crippen MR) is 119 cm³/mol. The van der Waals surface area contributed by atoms with Gasteiger partial charge in [-0.25, -0.2) is 4.68 Å². The lowest BCUT2D eigenvalue weighted by Crippen LogP contribution is -2.46. The van der Waals surface area contributed by atoms with Gasteiger partial charge in [-0.1, -0.05) is 48.5 Å². The van der Waals surface area contributed by atoms with Crippen molar-refractivity contribution in [1.82, 2.24) is 20.1 Å². The Morgan fingerprint density at radius 2 is 1.94 bits per heavy atom. The first-order chi connectivity index (χ1) is 15.1. The number of fused-ring (bicyclic) bond motifs is 2. The molecule has 2 amide bonds. The van der Waals surface area contributed by atoms with Crippen LogP contribution in [0.4, 0.5) is 5.82 Å². The van der Waals surface area contributed by atoms with Crippen molar-refractivity contribution in [2.75, 3.05) is 11.9 Å². The van der Waals surface area contributed by atoms with Crippen molar-refractivity contribution in [2.24, 2.45) is 0 Å². The molecule has 4 aromatic rings. The van der Waals surface area contributed by atoms with E-state index in [9.17, 15) is 9.59 Å². The van der Waals surface area contributed by atoms with Crippen molar-refractivity contribution in [3.05, 3.63) is 78.8 Å². The van der Waals surface area contributed by atoms with Crippen molar-refractivity contribution in [1.29, 1.82) is 0 Å². The van der Waals surface area contributed by atoms with E-state index in [0.717, 1.165) is 27.7 Å². The number of nitrogens with zero attached hydrogens (tertiary/aromatic N) is 4. The molecule has 0 radical (unpaired) electrons. The summed E-state index contributed by atoms with van der Waals surface area (Å²) in [4.78, 5) is 31.8. The highest BCUT2D eigenvalue weighted by molar-refractivity contribution is 6.04. The molecule has 0 bridgehead atoms. The standard InChI is InChI=1S/C24H21N5O2/c1-28-22-10-12-26-29(22)13-11-20(24(28)31)27-23(30)21-14-19-17(15-25-21)8-5-9-18(19)16-6-3-2-4-7-16/h2-10,12,14-15,20H,11,13H2,1H3,(H,27,30)/t20-/m0/s1. The lowest BCUT2D eigenvalue weighted by atomic mass is 9.99. The number of nitrogens with one attached hydrogen (secondary N) is 1. The van der Waals surface area contributed by atoms with Gasteiger partial charge < -0.3 is 5.32 Å². The molecule has 0 spiro atoms. The molecule has 2 aromatic carbocycles. The predicted octanol–water partition coefficient (Wildman–Crippen LogP) is 3.26. The lowest BCUT2D eigenvalue weighted by molar-refractivity contribution is -0.120. The number of anilines is 1. The van der Waals surface area contributed by atoms with Gasteiger partial charge in [0.25, 0.3) is 11.8 Å². The highest BCUT2D eigenvalue weighted by atomic mass is 16.2. The average molecular weight is 411 g/mol. The lowest BCUT2D eigenvalue weighted by Gasteiger charge is -2.20. The van der Waals surface area contributed by atoms with E-state index in [1.807, 2.05) is 48.5 Å². The molecule has 1 N–H and O–H groups in total. The van der Waals surface area contributed by atoms with Crippen LogP contribution in [0.5, 0.6) is 0 Å². The smallest absolute Gasteiger partial charge is 0.270 e. The van der Waals surface area contributed by atoms with Crippen LogP contribution in [-0.2, 0) is 11.3 Å². The molecule has 31 heavy (non-hydrogen) atoms. The molecular weight excluding hydrogens is 390 g/mol. The van der Waals surface area contributed by atoms with E-state index in [2.05, 4.69) is 15.4 Å². The van der Waals surface area contributed by atoms with Crippen LogP contribution in [0, 0.1) is 0 Å². The van der Waals surface area contributed by atoms with Crippen LogP contribution in [0.1, 0.15) is 16.9 Å². The summed E-state index contributed by atoms with van der Waals surface area (Å²) in [6.45, 7) is 0.548. The number of amides is 2.